The fourth-order valence-corrected chi connectivity index (χ4v) is 2.74. The zero-order valence-corrected chi connectivity index (χ0v) is 12.0. The monoisotopic (exact) mass is 298 g/mol. The number of nitrogens with one attached hydrogen (secondary N) is 1. The molecule has 1 heterocycles. The van der Waals surface area contributed by atoms with E-state index in [2.05, 4.69) is 5.32 Å². The number of hydrogen-bond acceptors (Lipinski definition) is 2. The smallest absolute Gasteiger partial charge is 0.316 e. The van der Waals surface area contributed by atoms with Crippen molar-refractivity contribution in [3.05, 3.63) is 59.9 Å². The minimum atomic E-state index is -0.769. The maximum atomic E-state index is 13.1. The Morgan fingerprint density at radius 1 is 1.18 bits per heavy atom. The Kier molecular flexibility index (Phi) is 3.63. The van der Waals surface area contributed by atoms with E-state index in [1.165, 1.54) is 29.2 Å². The first-order valence-corrected chi connectivity index (χ1v) is 7.04. The van der Waals surface area contributed by atoms with Gasteiger partial charge in [0.1, 0.15) is 5.82 Å². The van der Waals surface area contributed by atoms with E-state index in [1.54, 1.807) is 0 Å². The van der Waals surface area contributed by atoms with E-state index < -0.39 is 17.6 Å². The highest BCUT2D eigenvalue weighted by molar-refractivity contribution is 6.44. The number of nitrogens with zero attached hydrogens (tertiary/aromatic N) is 1. The molecular weight excluding hydrogens is 283 g/mol. The Morgan fingerprint density at radius 2 is 1.95 bits per heavy atom. The molecule has 0 aliphatic carbocycles. The Bertz CT molecular complexity index is 745. The van der Waals surface area contributed by atoms with E-state index in [1.807, 2.05) is 31.2 Å². The molecule has 0 fully saturated rings. The number of fused-ring (bicyclic) bond motifs is 1. The Hall–Kier alpha value is -2.69. The molecule has 1 N–H and O–H groups in total. The molecule has 1 atom stereocenters. The van der Waals surface area contributed by atoms with Crippen LogP contribution in [0.25, 0.3) is 0 Å². The van der Waals surface area contributed by atoms with Gasteiger partial charge in [-0.05, 0) is 43.2 Å². The summed E-state index contributed by atoms with van der Waals surface area (Å²) in [6, 6.07) is 12.9. The Balaban J connectivity index is 1.80. The van der Waals surface area contributed by atoms with Crippen molar-refractivity contribution in [1.29, 1.82) is 0 Å². The molecule has 3 rings (SSSR count). The Morgan fingerprint density at radius 3 is 2.73 bits per heavy atom. The first-order chi connectivity index (χ1) is 10.6. The van der Waals surface area contributed by atoms with E-state index in [0.29, 0.717) is 0 Å². The second-order valence-corrected chi connectivity index (χ2v) is 5.32. The molecule has 1 aliphatic rings. The lowest BCUT2D eigenvalue weighted by atomic mass is 10.1. The summed E-state index contributed by atoms with van der Waals surface area (Å²) in [5, 5.41) is 2.44. The van der Waals surface area contributed by atoms with Crippen LogP contribution in [0.3, 0.4) is 0 Å². The maximum Gasteiger partial charge on any atom is 0.316 e. The number of rotatable bonds is 1. The van der Waals surface area contributed by atoms with Crippen molar-refractivity contribution in [3.8, 4) is 0 Å². The van der Waals surface area contributed by atoms with Crippen LogP contribution in [0.1, 0.15) is 12.5 Å². The highest BCUT2D eigenvalue weighted by atomic mass is 19.1. The predicted molar refractivity (Wildman–Crippen MR) is 82.1 cm³/mol. The third-order valence-electron chi connectivity index (χ3n) is 3.70. The summed E-state index contributed by atoms with van der Waals surface area (Å²) in [6.45, 7) is 1.90. The summed E-state index contributed by atoms with van der Waals surface area (Å²) in [4.78, 5) is 26.1. The maximum absolute atomic E-state index is 13.1. The van der Waals surface area contributed by atoms with Gasteiger partial charge in [-0.1, -0.05) is 24.3 Å². The van der Waals surface area contributed by atoms with E-state index in [-0.39, 0.29) is 11.7 Å². The highest BCUT2D eigenvalue weighted by Gasteiger charge is 2.34. The SMILES string of the molecule is CC1Cc2ccccc2N1C(=O)C(=O)Nc1cccc(F)c1. The average molecular weight is 298 g/mol. The number of carbonyl (C=O) groups is 2. The topological polar surface area (TPSA) is 49.4 Å². The fraction of sp³-hybridized carbons (Fsp3) is 0.176. The molecule has 0 spiro atoms. The molecule has 1 aliphatic heterocycles. The molecule has 0 bridgehead atoms. The summed E-state index contributed by atoms with van der Waals surface area (Å²) >= 11 is 0. The fourth-order valence-electron chi connectivity index (χ4n) is 2.74. The lowest BCUT2D eigenvalue weighted by Gasteiger charge is -2.22. The van der Waals surface area contributed by atoms with Gasteiger partial charge in [0.05, 0.1) is 0 Å². The molecule has 2 aromatic carbocycles. The quantitative estimate of drug-likeness (QED) is 0.823. The highest BCUT2D eigenvalue weighted by Crippen LogP contribution is 2.31. The Labute approximate surface area is 127 Å². The van der Waals surface area contributed by atoms with Crippen molar-refractivity contribution in [2.45, 2.75) is 19.4 Å². The van der Waals surface area contributed by atoms with Crippen LogP contribution in [0.4, 0.5) is 15.8 Å². The minimum Gasteiger partial charge on any atom is -0.318 e. The van der Waals surface area contributed by atoms with Gasteiger partial charge in [0.25, 0.3) is 0 Å². The van der Waals surface area contributed by atoms with Crippen LogP contribution in [-0.2, 0) is 16.0 Å². The third kappa shape index (κ3) is 2.57. The number of carbonyl (C=O) groups excluding carboxylic acids is 2. The molecule has 0 saturated carbocycles. The molecule has 112 valence electrons. The van der Waals surface area contributed by atoms with Crippen LogP contribution < -0.4 is 10.2 Å². The summed E-state index contributed by atoms with van der Waals surface area (Å²) in [6.07, 6.45) is 0.717. The van der Waals surface area contributed by atoms with Gasteiger partial charge in [-0.15, -0.1) is 0 Å². The van der Waals surface area contributed by atoms with Crippen LogP contribution in [0.15, 0.2) is 48.5 Å². The summed E-state index contributed by atoms with van der Waals surface area (Å²) in [5.74, 6) is -1.87. The largest absolute Gasteiger partial charge is 0.318 e. The molecule has 0 radical (unpaired) electrons. The molecule has 0 saturated heterocycles. The van der Waals surface area contributed by atoms with E-state index >= 15 is 0 Å². The first kappa shape index (κ1) is 14.3. The number of amides is 2. The molecular formula is C17H15FN2O2. The molecule has 2 amide bonds. The van der Waals surface area contributed by atoms with Crippen LogP contribution in [-0.4, -0.2) is 17.9 Å². The predicted octanol–water partition coefficient (Wildman–Crippen LogP) is 2.74. The third-order valence-corrected chi connectivity index (χ3v) is 3.70. The molecule has 1 unspecified atom stereocenters. The van der Waals surface area contributed by atoms with Gasteiger partial charge in [-0.3, -0.25) is 9.59 Å². The van der Waals surface area contributed by atoms with Crippen molar-refractivity contribution in [2.75, 3.05) is 10.2 Å². The second kappa shape index (κ2) is 5.60. The molecule has 0 aromatic heterocycles. The summed E-state index contributed by atoms with van der Waals surface area (Å²) < 4.78 is 13.1. The number of hydrogen-bond donors (Lipinski definition) is 1. The molecule has 22 heavy (non-hydrogen) atoms. The van der Waals surface area contributed by atoms with Gasteiger partial charge in [0.15, 0.2) is 0 Å². The second-order valence-electron chi connectivity index (χ2n) is 5.32. The van der Waals surface area contributed by atoms with Gasteiger partial charge in [-0.2, -0.15) is 0 Å². The normalized spacial score (nSPS) is 16.3. The number of halogens is 1. The van der Waals surface area contributed by atoms with Gasteiger partial charge in [0, 0.05) is 17.4 Å². The van der Waals surface area contributed by atoms with E-state index in [4.69, 9.17) is 0 Å². The van der Waals surface area contributed by atoms with Crippen LogP contribution >= 0.6 is 0 Å². The van der Waals surface area contributed by atoms with Crippen molar-refractivity contribution >= 4 is 23.2 Å². The zero-order chi connectivity index (χ0) is 15.7. The van der Waals surface area contributed by atoms with E-state index in [9.17, 15) is 14.0 Å². The minimum absolute atomic E-state index is 0.0804. The van der Waals surface area contributed by atoms with Gasteiger partial charge >= 0.3 is 11.8 Å². The van der Waals surface area contributed by atoms with E-state index in [0.717, 1.165) is 17.7 Å². The molecule has 5 heteroatoms. The van der Waals surface area contributed by atoms with Crippen LogP contribution in [0, 0.1) is 5.82 Å². The lowest BCUT2D eigenvalue weighted by Crippen LogP contribution is -2.43. The van der Waals surface area contributed by atoms with Crippen LogP contribution in [0.2, 0.25) is 0 Å². The average Bonchev–Trinajstić information content (AvgIpc) is 2.82. The summed E-state index contributed by atoms with van der Waals surface area (Å²) in [5.41, 5.74) is 2.06. The zero-order valence-electron chi connectivity index (χ0n) is 12.0. The number of anilines is 2. The van der Waals surface area contributed by atoms with Gasteiger partial charge in [0.2, 0.25) is 0 Å². The van der Waals surface area contributed by atoms with Crippen molar-refractivity contribution < 1.29 is 14.0 Å². The summed E-state index contributed by atoms with van der Waals surface area (Å²) in [7, 11) is 0. The lowest BCUT2D eigenvalue weighted by molar-refractivity contribution is -0.134. The van der Waals surface area contributed by atoms with Crippen LogP contribution in [0.5, 0.6) is 0 Å². The standard InChI is InChI=1S/C17H15FN2O2/c1-11-9-12-5-2-3-8-15(12)20(11)17(22)16(21)19-14-7-4-6-13(18)10-14/h2-8,10-11H,9H2,1H3,(H,19,21). The molecule has 2 aromatic rings. The first-order valence-electron chi connectivity index (χ1n) is 7.04. The van der Waals surface area contributed by atoms with Gasteiger partial charge in [-0.25, -0.2) is 4.39 Å². The van der Waals surface area contributed by atoms with Crippen molar-refractivity contribution in [1.82, 2.24) is 0 Å². The molecule has 4 nitrogen and oxygen atoms in total. The van der Waals surface area contributed by atoms with Crippen molar-refractivity contribution in [3.63, 3.8) is 0 Å². The van der Waals surface area contributed by atoms with Gasteiger partial charge < -0.3 is 10.2 Å². The van der Waals surface area contributed by atoms with Crippen molar-refractivity contribution in [2.24, 2.45) is 0 Å². The number of benzene rings is 2. The number of para-hydroxylation sites is 1.